The number of rotatable bonds is 3. The minimum Gasteiger partial charge on any atom is -0.383 e. The fourth-order valence-corrected chi connectivity index (χ4v) is 2.50. The quantitative estimate of drug-likeness (QED) is 0.761. The molecular weight excluding hydrogens is 335 g/mol. The molecule has 3 rings (SSSR count). The number of aromatic nitrogens is 3. The molecule has 0 aliphatic rings. The second-order valence-electron chi connectivity index (χ2n) is 5.50. The van der Waals surface area contributed by atoms with Crippen LogP contribution in [-0.4, -0.2) is 20.7 Å². The van der Waals surface area contributed by atoms with Crippen molar-refractivity contribution in [2.75, 3.05) is 5.73 Å². The molecule has 0 aliphatic heterocycles. The topological polar surface area (TPSA) is 85.8 Å². The van der Waals surface area contributed by atoms with Gasteiger partial charge in [0.1, 0.15) is 5.82 Å². The van der Waals surface area contributed by atoms with Crippen LogP contribution in [0.1, 0.15) is 21.6 Å². The number of halogens is 3. The number of carbonyl (C=O) groups is 1. The van der Waals surface area contributed by atoms with Gasteiger partial charge in [-0.25, -0.2) is 4.98 Å². The van der Waals surface area contributed by atoms with E-state index in [0.717, 1.165) is 27.2 Å². The van der Waals surface area contributed by atoms with Crippen molar-refractivity contribution >= 4 is 22.5 Å². The van der Waals surface area contributed by atoms with Gasteiger partial charge >= 0.3 is 6.18 Å². The van der Waals surface area contributed by atoms with Gasteiger partial charge in [0.05, 0.1) is 5.56 Å². The molecule has 1 amide bonds. The van der Waals surface area contributed by atoms with Gasteiger partial charge in [0.15, 0.2) is 5.69 Å². The van der Waals surface area contributed by atoms with Gasteiger partial charge in [-0.1, -0.05) is 12.1 Å². The Morgan fingerprint density at radius 3 is 2.80 bits per heavy atom. The number of carbonyl (C=O) groups excluding carboxylic acids is 1. The van der Waals surface area contributed by atoms with Crippen molar-refractivity contribution in [3.8, 4) is 0 Å². The fourth-order valence-electron chi connectivity index (χ4n) is 2.50. The van der Waals surface area contributed by atoms with Gasteiger partial charge in [-0.05, 0) is 23.1 Å². The van der Waals surface area contributed by atoms with E-state index in [9.17, 15) is 18.0 Å². The summed E-state index contributed by atoms with van der Waals surface area (Å²) >= 11 is 0. The summed E-state index contributed by atoms with van der Waals surface area (Å²) in [5.74, 6) is -0.451. The summed E-state index contributed by atoms with van der Waals surface area (Å²) in [5.41, 5.74) is 4.78. The van der Waals surface area contributed by atoms with Gasteiger partial charge in [0.2, 0.25) is 0 Å². The van der Waals surface area contributed by atoms with Crippen molar-refractivity contribution in [1.29, 1.82) is 0 Å². The highest BCUT2D eigenvalue weighted by molar-refractivity contribution is 5.95. The lowest BCUT2D eigenvalue weighted by Gasteiger charge is -2.08. The molecule has 0 fully saturated rings. The average molecular weight is 349 g/mol. The highest BCUT2D eigenvalue weighted by Crippen LogP contribution is 2.30. The summed E-state index contributed by atoms with van der Waals surface area (Å²) in [6.45, 7) is 0.0726. The van der Waals surface area contributed by atoms with Crippen molar-refractivity contribution in [1.82, 2.24) is 20.1 Å². The number of pyridine rings is 1. The Morgan fingerprint density at radius 1 is 1.32 bits per heavy atom. The monoisotopic (exact) mass is 349 g/mol. The zero-order chi connectivity index (χ0) is 18.2. The number of alkyl halides is 3. The standard InChI is InChI=1S/C16H14F3N5O/c1-24-8-12(13(23-24)16(17,18)19)15(25)22-7-9-2-3-11-10(6-9)4-5-21-14(11)20/h2-6,8H,7H2,1H3,(H2,20,21)(H,22,25). The van der Waals surface area contributed by atoms with Crippen LogP contribution in [0.15, 0.2) is 36.7 Å². The minimum atomic E-state index is -4.69. The lowest BCUT2D eigenvalue weighted by atomic mass is 10.1. The van der Waals surface area contributed by atoms with E-state index in [-0.39, 0.29) is 6.54 Å². The molecule has 2 aromatic heterocycles. The van der Waals surface area contributed by atoms with Crippen molar-refractivity contribution < 1.29 is 18.0 Å². The fraction of sp³-hybridized carbons (Fsp3) is 0.188. The predicted molar refractivity (Wildman–Crippen MR) is 85.5 cm³/mol. The molecule has 3 aromatic rings. The van der Waals surface area contributed by atoms with Crippen molar-refractivity contribution in [3.63, 3.8) is 0 Å². The van der Waals surface area contributed by atoms with Gasteiger partial charge in [-0.2, -0.15) is 18.3 Å². The van der Waals surface area contributed by atoms with Crippen LogP contribution in [0.2, 0.25) is 0 Å². The van der Waals surface area contributed by atoms with E-state index >= 15 is 0 Å². The summed E-state index contributed by atoms with van der Waals surface area (Å²) in [7, 11) is 1.33. The van der Waals surface area contributed by atoms with Crippen LogP contribution in [0.25, 0.3) is 10.8 Å². The summed E-state index contributed by atoms with van der Waals surface area (Å²) in [6, 6.07) is 7.04. The van der Waals surface area contributed by atoms with Gasteiger partial charge < -0.3 is 11.1 Å². The van der Waals surface area contributed by atoms with Gasteiger partial charge in [-0.3, -0.25) is 9.48 Å². The molecule has 0 saturated carbocycles. The van der Waals surface area contributed by atoms with Crippen LogP contribution < -0.4 is 11.1 Å². The third kappa shape index (κ3) is 3.39. The molecule has 130 valence electrons. The van der Waals surface area contributed by atoms with Crippen LogP contribution in [0.3, 0.4) is 0 Å². The number of anilines is 1. The number of hydrogen-bond donors (Lipinski definition) is 2. The first kappa shape index (κ1) is 16.7. The van der Waals surface area contributed by atoms with Crippen LogP contribution >= 0.6 is 0 Å². The molecule has 25 heavy (non-hydrogen) atoms. The maximum Gasteiger partial charge on any atom is 0.435 e. The highest BCUT2D eigenvalue weighted by atomic mass is 19.4. The number of nitrogens with two attached hydrogens (primary N) is 1. The number of aryl methyl sites for hydroxylation is 1. The number of amides is 1. The largest absolute Gasteiger partial charge is 0.435 e. The molecule has 0 unspecified atom stereocenters. The van der Waals surface area contributed by atoms with Crippen LogP contribution in [0.5, 0.6) is 0 Å². The Labute approximate surface area is 140 Å². The van der Waals surface area contributed by atoms with Crippen molar-refractivity contribution in [2.24, 2.45) is 7.05 Å². The molecule has 2 heterocycles. The maximum atomic E-state index is 12.9. The maximum absolute atomic E-state index is 12.9. The second kappa shape index (κ2) is 6.08. The Morgan fingerprint density at radius 2 is 2.08 bits per heavy atom. The number of nitrogens with one attached hydrogen (secondary N) is 1. The van der Waals surface area contributed by atoms with E-state index in [4.69, 9.17) is 5.73 Å². The van der Waals surface area contributed by atoms with E-state index in [1.165, 1.54) is 7.05 Å². The summed E-state index contributed by atoms with van der Waals surface area (Å²) in [6.07, 6.45) is -2.09. The summed E-state index contributed by atoms with van der Waals surface area (Å²) in [4.78, 5) is 16.1. The first-order valence-corrected chi connectivity index (χ1v) is 7.28. The Bertz CT molecular complexity index is 949. The molecular formula is C16H14F3N5O. The smallest absolute Gasteiger partial charge is 0.383 e. The molecule has 3 N–H and O–H groups in total. The number of fused-ring (bicyclic) bond motifs is 1. The van der Waals surface area contributed by atoms with Crippen molar-refractivity contribution in [2.45, 2.75) is 12.7 Å². The van der Waals surface area contributed by atoms with Gasteiger partial charge in [0, 0.05) is 31.4 Å². The molecule has 0 bridgehead atoms. The number of hydrogen-bond acceptors (Lipinski definition) is 4. The molecule has 0 radical (unpaired) electrons. The lowest BCUT2D eigenvalue weighted by Crippen LogP contribution is -2.25. The average Bonchev–Trinajstić information content (AvgIpc) is 2.95. The highest BCUT2D eigenvalue weighted by Gasteiger charge is 2.38. The summed E-state index contributed by atoms with van der Waals surface area (Å²) < 4.78 is 39.7. The molecule has 1 aromatic carbocycles. The predicted octanol–water partition coefficient (Wildman–Crippen LogP) is 2.50. The number of benzene rings is 1. The lowest BCUT2D eigenvalue weighted by molar-refractivity contribution is -0.141. The Hall–Kier alpha value is -3.10. The summed E-state index contributed by atoms with van der Waals surface area (Å²) in [5, 5.41) is 7.40. The zero-order valence-electron chi connectivity index (χ0n) is 13.1. The third-order valence-corrected chi connectivity index (χ3v) is 3.65. The molecule has 0 spiro atoms. The second-order valence-corrected chi connectivity index (χ2v) is 5.50. The van der Waals surface area contributed by atoms with Crippen molar-refractivity contribution in [3.05, 3.63) is 53.5 Å². The Balaban J connectivity index is 1.79. The van der Waals surface area contributed by atoms with E-state index < -0.39 is 23.3 Å². The molecule has 0 atom stereocenters. The van der Waals surface area contributed by atoms with E-state index in [1.54, 1.807) is 30.5 Å². The minimum absolute atomic E-state index is 0.0726. The molecule has 0 saturated heterocycles. The normalized spacial score (nSPS) is 11.7. The van der Waals surface area contributed by atoms with Crippen LogP contribution in [0, 0.1) is 0 Å². The van der Waals surface area contributed by atoms with Crippen LogP contribution in [0.4, 0.5) is 19.0 Å². The van der Waals surface area contributed by atoms with Crippen LogP contribution in [-0.2, 0) is 19.8 Å². The molecule has 0 aliphatic carbocycles. The number of nitrogen functional groups attached to an aromatic ring is 1. The number of nitrogens with zero attached hydrogens (tertiary/aromatic N) is 3. The van der Waals surface area contributed by atoms with E-state index in [2.05, 4.69) is 15.4 Å². The molecule has 9 heteroatoms. The van der Waals surface area contributed by atoms with Gasteiger partial charge in [-0.15, -0.1) is 0 Å². The molecule has 6 nitrogen and oxygen atoms in total. The van der Waals surface area contributed by atoms with E-state index in [1.807, 2.05) is 0 Å². The third-order valence-electron chi connectivity index (χ3n) is 3.65. The first-order valence-electron chi connectivity index (χ1n) is 7.28. The SMILES string of the molecule is Cn1cc(C(=O)NCc2ccc3c(N)nccc3c2)c(C(F)(F)F)n1. The Kier molecular flexibility index (Phi) is 4.07. The zero-order valence-corrected chi connectivity index (χ0v) is 13.1. The van der Waals surface area contributed by atoms with Gasteiger partial charge in [0.25, 0.3) is 5.91 Å². The first-order chi connectivity index (χ1) is 11.8. The van der Waals surface area contributed by atoms with E-state index in [0.29, 0.717) is 5.82 Å².